The summed E-state index contributed by atoms with van der Waals surface area (Å²) in [5, 5.41) is 7.44. The van der Waals surface area contributed by atoms with Gasteiger partial charge in [0.15, 0.2) is 11.5 Å². The Bertz CT molecular complexity index is 1120. The molecule has 0 saturated carbocycles. The first-order chi connectivity index (χ1) is 15.9. The van der Waals surface area contributed by atoms with Gasteiger partial charge >= 0.3 is 6.61 Å². The normalized spacial score (nSPS) is 10.9. The molecule has 1 aromatic heterocycles. The first-order valence-corrected chi connectivity index (χ1v) is 10.9. The van der Waals surface area contributed by atoms with Crippen LogP contribution < -0.4 is 20.1 Å². The maximum atomic E-state index is 12.5. The number of rotatable bonds is 10. The van der Waals surface area contributed by atoms with Crippen molar-refractivity contribution in [3.05, 3.63) is 76.5 Å². The van der Waals surface area contributed by atoms with Crippen molar-refractivity contribution >= 4 is 40.6 Å². The van der Waals surface area contributed by atoms with Crippen LogP contribution in [0.5, 0.6) is 11.5 Å². The summed E-state index contributed by atoms with van der Waals surface area (Å²) in [5.41, 5.74) is 1.49. The molecule has 0 saturated heterocycles. The highest BCUT2D eigenvalue weighted by molar-refractivity contribution is 7.10. The van der Waals surface area contributed by atoms with Gasteiger partial charge in [0.05, 0.1) is 24.4 Å². The molecule has 2 N–H and O–H groups in total. The van der Waals surface area contributed by atoms with Crippen LogP contribution in [-0.4, -0.2) is 25.0 Å². The third kappa shape index (κ3) is 7.43. The predicted octanol–water partition coefficient (Wildman–Crippen LogP) is 5.58. The summed E-state index contributed by atoms with van der Waals surface area (Å²) in [6, 6.07) is 15.0. The highest BCUT2D eigenvalue weighted by Crippen LogP contribution is 2.30. The molecule has 2 aromatic carbocycles. The fourth-order valence-electron chi connectivity index (χ4n) is 2.90. The van der Waals surface area contributed by atoms with Crippen molar-refractivity contribution in [1.82, 2.24) is 0 Å². The topological polar surface area (TPSA) is 76.7 Å². The molecular weight excluding hydrogens is 450 g/mol. The zero-order valence-electron chi connectivity index (χ0n) is 17.7. The number of halogens is 2. The predicted molar refractivity (Wildman–Crippen MR) is 125 cm³/mol. The smallest absolute Gasteiger partial charge is 0.387 e. The minimum absolute atomic E-state index is 0.0827. The third-order valence-electron chi connectivity index (χ3n) is 4.28. The molecule has 0 atom stereocenters. The molecule has 0 radical (unpaired) electrons. The van der Waals surface area contributed by atoms with E-state index in [-0.39, 0.29) is 30.4 Å². The van der Waals surface area contributed by atoms with Gasteiger partial charge in [0, 0.05) is 11.0 Å². The van der Waals surface area contributed by atoms with Crippen LogP contribution in [0.25, 0.3) is 6.08 Å². The van der Waals surface area contributed by atoms with E-state index in [0.29, 0.717) is 16.9 Å². The van der Waals surface area contributed by atoms with Gasteiger partial charge in [-0.05, 0) is 54.3 Å². The number of carbonyl (C=O) groups is 2. The first kappa shape index (κ1) is 23.9. The first-order valence-electron chi connectivity index (χ1n) is 10.1. The Morgan fingerprint density at radius 2 is 1.79 bits per heavy atom. The number of thiophene rings is 1. The Labute approximate surface area is 193 Å². The molecule has 3 rings (SSSR count). The Morgan fingerprint density at radius 3 is 2.45 bits per heavy atom. The maximum Gasteiger partial charge on any atom is 0.387 e. The standard InChI is InChI=1S/C24H22F2N2O4S/c1-2-31-21-14-16(9-11-20(21)32-24(25)26)10-12-22(29)27-18-7-3-4-8-19(18)28-23(30)15-17-6-5-13-33-17/h3-14,24H,2,15H2,1H3,(H,27,29)(H,28,30)/b12-10+. The van der Waals surface area contributed by atoms with Crippen LogP contribution in [0.1, 0.15) is 17.4 Å². The van der Waals surface area contributed by atoms with Crippen molar-refractivity contribution < 1.29 is 27.8 Å². The number of nitrogens with one attached hydrogen (secondary N) is 2. The number of ether oxygens (including phenoxy) is 2. The number of para-hydroxylation sites is 2. The van der Waals surface area contributed by atoms with E-state index in [1.807, 2.05) is 17.5 Å². The lowest BCUT2D eigenvalue weighted by molar-refractivity contribution is -0.115. The molecule has 3 aromatic rings. The van der Waals surface area contributed by atoms with E-state index in [4.69, 9.17) is 4.74 Å². The Kier molecular flexibility index (Phi) is 8.54. The number of carbonyl (C=O) groups excluding carboxylic acids is 2. The molecule has 33 heavy (non-hydrogen) atoms. The van der Waals surface area contributed by atoms with Gasteiger partial charge in [0.1, 0.15) is 0 Å². The third-order valence-corrected chi connectivity index (χ3v) is 5.16. The van der Waals surface area contributed by atoms with E-state index in [9.17, 15) is 18.4 Å². The second-order valence-corrected chi connectivity index (χ2v) is 7.72. The maximum absolute atomic E-state index is 12.5. The van der Waals surface area contributed by atoms with Crippen molar-refractivity contribution in [2.75, 3.05) is 17.2 Å². The van der Waals surface area contributed by atoms with E-state index in [2.05, 4.69) is 15.4 Å². The summed E-state index contributed by atoms with van der Waals surface area (Å²) >= 11 is 1.50. The van der Waals surface area contributed by atoms with Crippen molar-refractivity contribution in [1.29, 1.82) is 0 Å². The quantitative estimate of drug-likeness (QED) is 0.378. The summed E-state index contributed by atoms with van der Waals surface area (Å²) in [4.78, 5) is 25.7. The number of hydrogen-bond donors (Lipinski definition) is 2. The van der Waals surface area contributed by atoms with Crippen LogP contribution in [0, 0.1) is 0 Å². The molecule has 1 heterocycles. The molecule has 9 heteroatoms. The van der Waals surface area contributed by atoms with Crippen LogP contribution >= 0.6 is 11.3 Å². The van der Waals surface area contributed by atoms with Crippen molar-refractivity contribution in [3.63, 3.8) is 0 Å². The molecular formula is C24H22F2N2O4S. The second kappa shape index (κ2) is 11.8. The van der Waals surface area contributed by atoms with Crippen LogP contribution in [0.3, 0.4) is 0 Å². The number of anilines is 2. The van der Waals surface area contributed by atoms with E-state index >= 15 is 0 Å². The highest BCUT2D eigenvalue weighted by atomic mass is 32.1. The van der Waals surface area contributed by atoms with Gasteiger partial charge in [-0.2, -0.15) is 8.78 Å². The van der Waals surface area contributed by atoms with E-state index in [0.717, 1.165) is 4.88 Å². The summed E-state index contributed by atoms with van der Waals surface area (Å²) < 4.78 is 34.9. The van der Waals surface area contributed by atoms with Crippen LogP contribution in [-0.2, 0) is 16.0 Å². The van der Waals surface area contributed by atoms with Gasteiger partial charge in [-0.15, -0.1) is 11.3 Å². The number of amides is 2. The van der Waals surface area contributed by atoms with Gasteiger partial charge in [0.25, 0.3) is 0 Å². The second-order valence-electron chi connectivity index (χ2n) is 6.69. The van der Waals surface area contributed by atoms with E-state index < -0.39 is 12.5 Å². The fraction of sp³-hybridized carbons (Fsp3) is 0.167. The molecule has 0 aliphatic heterocycles. The van der Waals surface area contributed by atoms with Crippen LogP contribution in [0.4, 0.5) is 20.2 Å². The Balaban J connectivity index is 1.66. The Morgan fingerprint density at radius 1 is 1.03 bits per heavy atom. The number of alkyl halides is 2. The molecule has 0 spiro atoms. The number of benzene rings is 2. The lowest BCUT2D eigenvalue weighted by Crippen LogP contribution is -2.16. The minimum atomic E-state index is -2.97. The minimum Gasteiger partial charge on any atom is -0.490 e. The molecule has 0 aliphatic rings. The molecule has 172 valence electrons. The van der Waals surface area contributed by atoms with Crippen LogP contribution in [0.15, 0.2) is 66.1 Å². The van der Waals surface area contributed by atoms with Gasteiger partial charge in [0.2, 0.25) is 11.8 Å². The number of hydrogen-bond acceptors (Lipinski definition) is 5. The van der Waals surface area contributed by atoms with Gasteiger partial charge in [-0.3, -0.25) is 9.59 Å². The fourth-order valence-corrected chi connectivity index (χ4v) is 3.61. The molecule has 0 fully saturated rings. The van der Waals surface area contributed by atoms with E-state index in [1.165, 1.54) is 41.7 Å². The average Bonchev–Trinajstić information content (AvgIpc) is 3.28. The van der Waals surface area contributed by atoms with Crippen LogP contribution in [0.2, 0.25) is 0 Å². The molecule has 0 bridgehead atoms. The van der Waals surface area contributed by atoms with Gasteiger partial charge in [-0.1, -0.05) is 24.3 Å². The largest absolute Gasteiger partial charge is 0.490 e. The molecule has 6 nitrogen and oxygen atoms in total. The van der Waals surface area contributed by atoms with Crippen molar-refractivity contribution in [2.45, 2.75) is 20.0 Å². The summed E-state index contributed by atoms with van der Waals surface area (Å²) in [5.74, 6) is -0.551. The van der Waals surface area contributed by atoms with Gasteiger partial charge in [-0.25, -0.2) is 0 Å². The summed E-state index contributed by atoms with van der Waals surface area (Å²) in [6.07, 6.45) is 3.05. The van der Waals surface area contributed by atoms with Crippen molar-refractivity contribution in [3.8, 4) is 11.5 Å². The summed E-state index contributed by atoms with van der Waals surface area (Å²) in [7, 11) is 0. The average molecular weight is 473 g/mol. The Hall–Kier alpha value is -3.72. The van der Waals surface area contributed by atoms with E-state index in [1.54, 1.807) is 31.2 Å². The van der Waals surface area contributed by atoms with Crippen molar-refractivity contribution in [2.24, 2.45) is 0 Å². The lowest BCUT2D eigenvalue weighted by atomic mass is 10.2. The summed E-state index contributed by atoms with van der Waals surface area (Å²) in [6.45, 7) is -0.983. The molecule has 0 unspecified atom stereocenters. The monoisotopic (exact) mass is 472 g/mol. The highest BCUT2D eigenvalue weighted by Gasteiger charge is 2.12. The SMILES string of the molecule is CCOc1cc(/C=C/C(=O)Nc2ccccc2NC(=O)Cc2cccs2)ccc1OC(F)F. The molecule has 0 aliphatic carbocycles. The molecule has 2 amide bonds. The van der Waals surface area contributed by atoms with Gasteiger partial charge < -0.3 is 20.1 Å². The lowest BCUT2D eigenvalue weighted by Gasteiger charge is -2.12. The zero-order chi connectivity index (χ0) is 23.6. The zero-order valence-corrected chi connectivity index (χ0v) is 18.5.